The number of halogens is 1. The van der Waals surface area contributed by atoms with Crippen molar-refractivity contribution in [3.8, 4) is 0 Å². The van der Waals surface area contributed by atoms with Gasteiger partial charge in [-0.05, 0) is 36.2 Å². The summed E-state index contributed by atoms with van der Waals surface area (Å²) in [6.45, 7) is 2.02. The summed E-state index contributed by atoms with van der Waals surface area (Å²) in [5.74, 6) is 0.931. The number of thioether (sulfide) groups is 1. The highest BCUT2D eigenvalue weighted by atomic mass is 35.5. The standard InChI is InChI=1S/C15H16ClNS/c1-11(17)14-4-2-3-5-15(14)18-10-12-6-8-13(16)9-7-12/h2-9,11H,10,17H2,1H3. The van der Waals surface area contributed by atoms with Crippen LogP contribution in [0.1, 0.15) is 24.1 Å². The second kappa shape index (κ2) is 6.28. The van der Waals surface area contributed by atoms with Crippen molar-refractivity contribution in [3.63, 3.8) is 0 Å². The Hall–Kier alpha value is -0.960. The molecule has 2 rings (SSSR count). The third-order valence-corrected chi connectivity index (χ3v) is 4.13. The van der Waals surface area contributed by atoms with Crippen LogP contribution in [0.15, 0.2) is 53.4 Å². The zero-order valence-corrected chi connectivity index (χ0v) is 11.8. The van der Waals surface area contributed by atoms with E-state index in [1.165, 1.54) is 16.0 Å². The maximum absolute atomic E-state index is 5.97. The predicted octanol–water partition coefficient (Wildman–Crippen LogP) is 4.65. The maximum Gasteiger partial charge on any atom is 0.0406 e. The van der Waals surface area contributed by atoms with Crippen LogP contribution >= 0.6 is 23.4 Å². The Kier molecular flexibility index (Phi) is 4.70. The molecule has 3 heteroatoms. The summed E-state index contributed by atoms with van der Waals surface area (Å²) in [6.07, 6.45) is 0. The van der Waals surface area contributed by atoms with Crippen LogP contribution in [-0.4, -0.2) is 0 Å². The molecule has 0 bridgehead atoms. The first-order chi connectivity index (χ1) is 8.66. The molecule has 18 heavy (non-hydrogen) atoms. The molecule has 2 aromatic rings. The van der Waals surface area contributed by atoms with E-state index in [1.54, 1.807) is 0 Å². The zero-order valence-electron chi connectivity index (χ0n) is 10.3. The molecule has 94 valence electrons. The highest BCUT2D eigenvalue weighted by molar-refractivity contribution is 7.98. The van der Waals surface area contributed by atoms with Gasteiger partial charge in [0.2, 0.25) is 0 Å². The second-order valence-corrected chi connectivity index (χ2v) is 5.70. The van der Waals surface area contributed by atoms with Crippen molar-refractivity contribution >= 4 is 23.4 Å². The van der Waals surface area contributed by atoms with E-state index in [-0.39, 0.29) is 6.04 Å². The minimum atomic E-state index is 0.0684. The average Bonchev–Trinajstić information content (AvgIpc) is 2.38. The number of hydrogen-bond donors (Lipinski definition) is 1. The van der Waals surface area contributed by atoms with E-state index in [0.29, 0.717) is 0 Å². The molecule has 0 fully saturated rings. The van der Waals surface area contributed by atoms with Gasteiger partial charge < -0.3 is 5.73 Å². The van der Waals surface area contributed by atoms with Crippen molar-refractivity contribution in [2.75, 3.05) is 0 Å². The lowest BCUT2D eigenvalue weighted by Crippen LogP contribution is -2.06. The van der Waals surface area contributed by atoms with E-state index in [1.807, 2.05) is 36.9 Å². The molecule has 2 N–H and O–H groups in total. The van der Waals surface area contributed by atoms with E-state index >= 15 is 0 Å². The Balaban J connectivity index is 2.08. The van der Waals surface area contributed by atoms with Gasteiger partial charge in [0.15, 0.2) is 0 Å². The largest absolute Gasteiger partial charge is 0.324 e. The fourth-order valence-electron chi connectivity index (χ4n) is 1.73. The van der Waals surface area contributed by atoms with Gasteiger partial charge in [-0.15, -0.1) is 11.8 Å². The smallest absolute Gasteiger partial charge is 0.0406 e. The Bertz CT molecular complexity index is 508. The fraction of sp³-hybridized carbons (Fsp3) is 0.200. The van der Waals surface area contributed by atoms with E-state index < -0.39 is 0 Å². The molecular weight excluding hydrogens is 262 g/mol. The van der Waals surface area contributed by atoms with Crippen LogP contribution < -0.4 is 5.73 Å². The monoisotopic (exact) mass is 277 g/mol. The van der Waals surface area contributed by atoms with Crippen LogP contribution in [0.5, 0.6) is 0 Å². The predicted molar refractivity (Wildman–Crippen MR) is 80.1 cm³/mol. The summed E-state index contributed by atoms with van der Waals surface area (Å²) in [4.78, 5) is 1.25. The quantitative estimate of drug-likeness (QED) is 0.823. The van der Waals surface area contributed by atoms with Gasteiger partial charge in [-0.2, -0.15) is 0 Å². The molecule has 0 aliphatic rings. The molecule has 0 spiro atoms. The van der Waals surface area contributed by atoms with Crippen molar-refractivity contribution in [2.24, 2.45) is 5.73 Å². The van der Waals surface area contributed by atoms with Gasteiger partial charge in [0, 0.05) is 21.7 Å². The Morgan fingerprint density at radius 2 is 1.78 bits per heavy atom. The summed E-state index contributed by atoms with van der Waals surface area (Å²) in [7, 11) is 0. The lowest BCUT2D eigenvalue weighted by Gasteiger charge is -2.12. The molecule has 0 aliphatic carbocycles. The van der Waals surface area contributed by atoms with Crippen LogP contribution in [0.2, 0.25) is 5.02 Å². The molecule has 0 saturated carbocycles. The number of rotatable bonds is 4. The summed E-state index contributed by atoms with van der Waals surface area (Å²) in [6, 6.07) is 16.3. The van der Waals surface area contributed by atoms with Gasteiger partial charge >= 0.3 is 0 Å². The number of benzene rings is 2. The molecular formula is C15H16ClNS. The lowest BCUT2D eigenvalue weighted by atomic mass is 10.1. The minimum Gasteiger partial charge on any atom is -0.324 e. The normalized spacial score (nSPS) is 12.4. The SMILES string of the molecule is CC(N)c1ccccc1SCc1ccc(Cl)cc1. The van der Waals surface area contributed by atoms with E-state index in [4.69, 9.17) is 17.3 Å². The third-order valence-electron chi connectivity index (χ3n) is 2.72. The van der Waals surface area contributed by atoms with Gasteiger partial charge in [0.05, 0.1) is 0 Å². The van der Waals surface area contributed by atoms with Crippen LogP contribution in [0.4, 0.5) is 0 Å². The summed E-state index contributed by atoms with van der Waals surface area (Å²) in [5, 5.41) is 0.778. The molecule has 1 atom stereocenters. The third kappa shape index (κ3) is 3.52. The van der Waals surface area contributed by atoms with Crippen molar-refractivity contribution < 1.29 is 0 Å². The minimum absolute atomic E-state index is 0.0684. The zero-order chi connectivity index (χ0) is 13.0. The Labute approximate surface area is 117 Å². The highest BCUT2D eigenvalue weighted by Crippen LogP contribution is 2.29. The average molecular weight is 278 g/mol. The highest BCUT2D eigenvalue weighted by Gasteiger charge is 2.06. The Morgan fingerprint density at radius 3 is 2.44 bits per heavy atom. The summed E-state index contributed by atoms with van der Waals surface area (Å²) < 4.78 is 0. The van der Waals surface area contributed by atoms with Gasteiger partial charge in [0.25, 0.3) is 0 Å². The van der Waals surface area contributed by atoms with Gasteiger partial charge in [-0.25, -0.2) is 0 Å². The van der Waals surface area contributed by atoms with Crippen LogP contribution in [0.25, 0.3) is 0 Å². The van der Waals surface area contributed by atoms with E-state index in [9.17, 15) is 0 Å². The van der Waals surface area contributed by atoms with Crippen molar-refractivity contribution in [1.29, 1.82) is 0 Å². The fourth-order valence-corrected chi connectivity index (χ4v) is 2.97. The van der Waals surface area contributed by atoms with Crippen LogP contribution in [-0.2, 0) is 5.75 Å². The van der Waals surface area contributed by atoms with Crippen molar-refractivity contribution in [3.05, 3.63) is 64.7 Å². The lowest BCUT2D eigenvalue weighted by molar-refractivity contribution is 0.797. The molecule has 1 unspecified atom stereocenters. The molecule has 0 amide bonds. The van der Waals surface area contributed by atoms with E-state index in [2.05, 4.69) is 30.3 Å². The Morgan fingerprint density at radius 1 is 1.11 bits per heavy atom. The summed E-state index contributed by atoms with van der Waals surface area (Å²) >= 11 is 7.68. The summed E-state index contributed by atoms with van der Waals surface area (Å²) in [5.41, 5.74) is 8.45. The van der Waals surface area contributed by atoms with Gasteiger partial charge in [-0.3, -0.25) is 0 Å². The number of nitrogens with two attached hydrogens (primary N) is 1. The maximum atomic E-state index is 5.97. The van der Waals surface area contributed by atoms with Crippen molar-refractivity contribution in [2.45, 2.75) is 23.6 Å². The molecule has 0 aliphatic heterocycles. The molecule has 1 nitrogen and oxygen atoms in total. The van der Waals surface area contributed by atoms with E-state index in [0.717, 1.165) is 10.8 Å². The first-order valence-electron chi connectivity index (χ1n) is 5.88. The molecule has 0 radical (unpaired) electrons. The van der Waals surface area contributed by atoms with Gasteiger partial charge in [-0.1, -0.05) is 41.9 Å². The van der Waals surface area contributed by atoms with Crippen LogP contribution in [0.3, 0.4) is 0 Å². The molecule has 2 aromatic carbocycles. The number of hydrogen-bond acceptors (Lipinski definition) is 2. The van der Waals surface area contributed by atoms with Crippen molar-refractivity contribution in [1.82, 2.24) is 0 Å². The molecule has 0 aromatic heterocycles. The first kappa shape index (κ1) is 13.5. The van der Waals surface area contributed by atoms with Gasteiger partial charge in [0.1, 0.15) is 0 Å². The second-order valence-electron chi connectivity index (χ2n) is 4.24. The topological polar surface area (TPSA) is 26.0 Å². The molecule has 0 heterocycles. The first-order valence-corrected chi connectivity index (χ1v) is 7.25. The molecule has 0 saturated heterocycles. The van der Waals surface area contributed by atoms with Crippen LogP contribution in [0, 0.1) is 0 Å².